The maximum absolute atomic E-state index is 5.41. The lowest BCUT2D eigenvalue weighted by molar-refractivity contribution is 0.220. The molecule has 284 valence electrons. The predicted molar refractivity (Wildman–Crippen MR) is 229 cm³/mol. The van der Waals surface area contributed by atoms with E-state index < -0.39 is 0 Å². The van der Waals surface area contributed by atoms with Gasteiger partial charge in [-0.1, -0.05) is 145 Å². The average Bonchev–Trinajstić information content (AvgIpc) is 3.18. The van der Waals surface area contributed by atoms with E-state index >= 15 is 0 Å². The molecule has 1 aliphatic rings. The van der Waals surface area contributed by atoms with Crippen LogP contribution in [-0.2, 0) is 13.0 Å². The van der Waals surface area contributed by atoms with E-state index in [1.54, 1.807) is 0 Å². The molecule has 0 amide bonds. The molecule has 1 aliphatic carbocycles. The van der Waals surface area contributed by atoms with Crippen LogP contribution in [0.1, 0.15) is 105 Å². The smallest absolute Gasteiger partial charge is 0.224 e. The molecule has 0 bridgehead atoms. The summed E-state index contributed by atoms with van der Waals surface area (Å²) in [6.07, 6.45) is 1.97. The number of aromatic nitrogens is 4. The van der Waals surface area contributed by atoms with Crippen LogP contribution in [0.2, 0.25) is 0 Å². The van der Waals surface area contributed by atoms with Crippen molar-refractivity contribution in [1.29, 1.82) is 0 Å². The molecule has 2 aromatic heterocycles. The van der Waals surface area contributed by atoms with E-state index in [4.69, 9.17) is 19.9 Å². The normalized spacial score (nSPS) is 18.1. The summed E-state index contributed by atoms with van der Waals surface area (Å²) in [4.78, 5) is 20.8. The first-order valence-electron chi connectivity index (χ1n) is 20.3. The second-order valence-corrected chi connectivity index (χ2v) is 16.5. The monoisotopic (exact) mass is 731 g/mol. The first-order valence-corrected chi connectivity index (χ1v) is 20.3. The topological polar surface area (TPSA) is 87.7 Å². The van der Waals surface area contributed by atoms with E-state index in [2.05, 4.69) is 173 Å². The van der Waals surface area contributed by atoms with Crippen LogP contribution in [0.5, 0.6) is 0 Å². The first kappa shape index (κ1) is 38.0. The number of anilines is 3. The molecular weight excluding hydrogens is 675 g/mol. The van der Waals surface area contributed by atoms with Gasteiger partial charge in [-0.25, -0.2) is 15.0 Å². The molecule has 7 heteroatoms. The molecule has 0 radical (unpaired) electrons. The summed E-state index contributed by atoms with van der Waals surface area (Å²) in [7, 11) is 0. The van der Waals surface area contributed by atoms with Crippen LogP contribution in [0.15, 0.2) is 115 Å². The molecule has 2 atom stereocenters. The highest BCUT2D eigenvalue weighted by atomic mass is 15.1. The maximum atomic E-state index is 5.41. The van der Waals surface area contributed by atoms with Gasteiger partial charge in [-0.3, -0.25) is 0 Å². The Balaban J connectivity index is 1.34. The van der Waals surface area contributed by atoms with Crippen LogP contribution in [0.4, 0.5) is 17.7 Å². The van der Waals surface area contributed by atoms with Crippen LogP contribution >= 0.6 is 0 Å². The summed E-state index contributed by atoms with van der Waals surface area (Å²) in [5, 5.41) is 13.3. The summed E-state index contributed by atoms with van der Waals surface area (Å²) >= 11 is 0. The quantitative estimate of drug-likeness (QED) is 0.0913. The Morgan fingerprint density at radius 2 is 1.07 bits per heavy atom. The van der Waals surface area contributed by atoms with Crippen LogP contribution in [0.25, 0.3) is 10.8 Å². The summed E-state index contributed by atoms with van der Waals surface area (Å²) in [6, 6.07) is 41.6. The fraction of sp³-hybridized carbons (Fsp3) is 0.375. The summed E-state index contributed by atoms with van der Waals surface area (Å²) < 4.78 is 0. The number of nitrogens with zero attached hydrogens (tertiary/aromatic N) is 4. The Labute approximate surface area is 327 Å². The van der Waals surface area contributed by atoms with Crippen molar-refractivity contribution < 1.29 is 0 Å². The van der Waals surface area contributed by atoms with E-state index in [0.717, 1.165) is 48.8 Å². The summed E-state index contributed by atoms with van der Waals surface area (Å²) in [5.41, 5.74) is 7.04. The minimum Gasteiger partial charge on any atom is -0.370 e. The Hall–Kier alpha value is -5.30. The molecule has 4 aromatic carbocycles. The van der Waals surface area contributed by atoms with Crippen molar-refractivity contribution in [3.05, 3.63) is 149 Å². The van der Waals surface area contributed by atoms with Gasteiger partial charge >= 0.3 is 0 Å². The molecule has 7 rings (SSSR count). The Bertz CT molecular complexity index is 2060. The molecule has 7 nitrogen and oxygen atoms in total. The minimum atomic E-state index is 0.0955. The van der Waals surface area contributed by atoms with E-state index in [1.807, 2.05) is 0 Å². The fourth-order valence-electron chi connectivity index (χ4n) is 8.03. The average molecular weight is 732 g/mol. The van der Waals surface area contributed by atoms with Crippen molar-refractivity contribution in [2.45, 2.75) is 84.6 Å². The fourth-order valence-corrected chi connectivity index (χ4v) is 8.03. The first-order chi connectivity index (χ1) is 26.7. The number of hydrogen-bond donors (Lipinski definition) is 3. The number of aryl methyl sites for hydroxylation is 1. The lowest BCUT2D eigenvalue weighted by atomic mass is 9.50. The molecule has 0 saturated heterocycles. The maximum Gasteiger partial charge on any atom is 0.224 e. The highest BCUT2D eigenvalue weighted by molar-refractivity contribution is 5.85. The van der Waals surface area contributed by atoms with E-state index in [-0.39, 0.29) is 23.7 Å². The molecule has 55 heavy (non-hydrogen) atoms. The second kappa shape index (κ2) is 17.4. The molecule has 1 fully saturated rings. The highest BCUT2D eigenvalue weighted by Crippen LogP contribution is 2.66. The van der Waals surface area contributed by atoms with Crippen LogP contribution < -0.4 is 16.0 Å². The molecule has 0 aliphatic heterocycles. The molecule has 0 spiro atoms. The van der Waals surface area contributed by atoms with Gasteiger partial charge in [0.15, 0.2) is 0 Å². The molecular formula is C48H57N7. The third-order valence-electron chi connectivity index (χ3n) is 10.8. The number of fused-ring (bicyclic) bond motifs is 1. The van der Waals surface area contributed by atoms with Crippen molar-refractivity contribution in [1.82, 2.24) is 19.9 Å². The summed E-state index contributed by atoms with van der Waals surface area (Å²) in [5.74, 6) is 4.22. The highest BCUT2D eigenvalue weighted by Gasteiger charge is 2.54. The van der Waals surface area contributed by atoms with E-state index in [9.17, 15) is 0 Å². The van der Waals surface area contributed by atoms with Gasteiger partial charge in [-0.15, -0.1) is 0 Å². The lowest BCUT2D eigenvalue weighted by Crippen LogP contribution is -2.41. The van der Waals surface area contributed by atoms with Crippen molar-refractivity contribution in [2.24, 2.45) is 17.8 Å². The van der Waals surface area contributed by atoms with E-state index in [0.29, 0.717) is 36.2 Å². The van der Waals surface area contributed by atoms with Crippen molar-refractivity contribution in [3.8, 4) is 0 Å². The summed E-state index contributed by atoms with van der Waals surface area (Å²) in [6.45, 7) is 15.7. The van der Waals surface area contributed by atoms with Gasteiger partial charge in [0, 0.05) is 55.1 Å². The Morgan fingerprint density at radius 1 is 0.509 bits per heavy atom. The van der Waals surface area contributed by atoms with E-state index in [1.165, 1.54) is 27.5 Å². The Kier molecular flexibility index (Phi) is 12.1. The second-order valence-electron chi connectivity index (χ2n) is 16.5. The zero-order chi connectivity index (χ0) is 38.3. The number of rotatable bonds is 16. The van der Waals surface area contributed by atoms with Gasteiger partial charge in [0.2, 0.25) is 11.9 Å². The molecule has 1 saturated carbocycles. The Morgan fingerprint density at radius 3 is 1.71 bits per heavy atom. The number of hydrogen-bond acceptors (Lipinski definition) is 7. The minimum absolute atomic E-state index is 0.0955. The van der Waals surface area contributed by atoms with Gasteiger partial charge in [-0.05, 0) is 64.1 Å². The number of nitrogens with one attached hydrogen (secondary N) is 3. The SMILES string of the molecule is CC(C)CCc1cc(C2[C@@H](c3ccccc3)C(c3cc(NCC(C)C)nc(NCC(C)C)n3)[C@@H]2c2ccccc2)nc(NCc2cccc3ccccc23)n1. The zero-order valence-corrected chi connectivity index (χ0v) is 33.3. The largest absolute Gasteiger partial charge is 0.370 e. The lowest BCUT2D eigenvalue weighted by Gasteiger charge is -2.52. The van der Waals surface area contributed by atoms with Gasteiger partial charge in [-0.2, -0.15) is 4.98 Å². The third-order valence-corrected chi connectivity index (χ3v) is 10.8. The zero-order valence-electron chi connectivity index (χ0n) is 33.3. The van der Waals surface area contributed by atoms with Crippen molar-refractivity contribution >= 4 is 28.5 Å². The van der Waals surface area contributed by atoms with Crippen LogP contribution in [-0.4, -0.2) is 33.0 Å². The van der Waals surface area contributed by atoms with Gasteiger partial charge in [0.1, 0.15) is 5.82 Å². The number of benzene rings is 4. The molecule has 2 heterocycles. The molecule has 6 aromatic rings. The van der Waals surface area contributed by atoms with Crippen molar-refractivity contribution in [2.75, 3.05) is 29.0 Å². The molecule has 3 N–H and O–H groups in total. The molecule has 0 unspecified atom stereocenters. The van der Waals surface area contributed by atoms with Gasteiger partial charge in [0.05, 0.1) is 11.4 Å². The van der Waals surface area contributed by atoms with Crippen LogP contribution in [0.3, 0.4) is 0 Å². The third kappa shape index (κ3) is 9.16. The van der Waals surface area contributed by atoms with Crippen molar-refractivity contribution in [3.63, 3.8) is 0 Å². The van der Waals surface area contributed by atoms with Crippen LogP contribution in [0, 0.1) is 17.8 Å². The standard InChI is InChI=1S/C48H57N7/c1-31(2)24-25-38-26-40(53-47(52-38)51-30-37-22-15-21-34-16-13-14-23-39(34)37)45-43(35-17-9-7-10-18-35)46(44(45)36-19-11-8-12-20-36)41-27-42(49-28-32(3)4)55-48(54-41)50-29-33(5)6/h7-23,26-27,31-33,43-46H,24-25,28-30H2,1-6H3,(H,51,52,53)(H2,49,50,54,55)/t43-,44-,45?,46?/m1/s1. The van der Waals surface area contributed by atoms with Gasteiger partial charge in [0.25, 0.3) is 0 Å². The predicted octanol–water partition coefficient (Wildman–Crippen LogP) is 11.2. The van der Waals surface area contributed by atoms with Gasteiger partial charge < -0.3 is 16.0 Å².